The van der Waals surface area contributed by atoms with Crippen LogP contribution in [0.1, 0.15) is 26.7 Å². The molecule has 0 aromatic rings. The molecule has 0 fully saturated rings. The normalized spacial score (nSPS) is 13.2. The molecule has 0 aromatic carbocycles. The number of nitrogens with one attached hydrogen (secondary N) is 2. The average molecular weight is 296 g/mol. The highest BCUT2D eigenvalue weighted by Crippen LogP contribution is 1.93. The molecule has 1 amide bonds. The van der Waals surface area contributed by atoms with Gasteiger partial charge in [-0.05, 0) is 19.8 Å². The number of amides is 1. The highest BCUT2D eigenvalue weighted by molar-refractivity contribution is 7.89. The smallest absolute Gasteiger partial charge is 0.237 e. The van der Waals surface area contributed by atoms with Gasteiger partial charge in [0.1, 0.15) is 0 Å². The molecule has 0 radical (unpaired) electrons. The maximum atomic E-state index is 11.6. The van der Waals surface area contributed by atoms with E-state index in [0.717, 1.165) is 0 Å². The molecule has 0 bridgehead atoms. The minimum absolute atomic E-state index is 0.0135. The molecule has 1 unspecified atom stereocenters. The monoisotopic (exact) mass is 296 g/mol. The third-order valence-corrected chi connectivity index (χ3v) is 3.88. The molecule has 7 nitrogen and oxygen atoms in total. The van der Waals surface area contributed by atoms with E-state index in [4.69, 9.17) is 9.84 Å². The molecule has 8 heteroatoms. The largest absolute Gasteiger partial charge is 0.394 e. The van der Waals surface area contributed by atoms with Gasteiger partial charge in [0.25, 0.3) is 0 Å². The molecule has 0 spiro atoms. The van der Waals surface area contributed by atoms with Gasteiger partial charge in [0.15, 0.2) is 0 Å². The molecule has 1 atom stereocenters. The summed E-state index contributed by atoms with van der Waals surface area (Å²) in [4.78, 5) is 11.6. The molecular weight excluding hydrogens is 272 g/mol. The van der Waals surface area contributed by atoms with Crippen molar-refractivity contribution in [2.45, 2.75) is 32.7 Å². The Morgan fingerprint density at radius 1 is 1.37 bits per heavy atom. The molecule has 0 saturated heterocycles. The zero-order chi connectivity index (χ0) is 14.7. The second-order valence-corrected chi connectivity index (χ2v) is 6.01. The summed E-state index contributed by atoms with van der Waals surface area (Å²) in [6.07, 6.45) is 1.12. The third kappa shape index (κ3) is 9.83. The molecular formula is C11H24N2O5S. The van der Waals surface area contributed by atoms with Crippen LogP contribution in [0, 0.1) is 0 Å². The summed E-state index contributed by atoms with van der Waals surface area (Å²) >= 11 is 0. The van der Waals surface area contributed by atoms with Crippen molar-refractivity contribution in [1.29, 1.82) is 0 Å². The van der Waals surface area contributed by atoms with Crippen molar-refractivity contribution in [3.05, 3.63) is 0 Å². The van der Waals surface area contributed by atoms with Gasteiger partial charge >= 0.3 is 0 Å². The number of ether oxygens (including phenoxy) is 1. The predicted molar refractivity (Wildman–Crippen MR) is 72.2 cm³/mol. The first-order valence-corrected chi connectivity index (χ1v) is 8.04. The Balaban J connectivity index is 3.82. The Kier molecular flexibility index (Phi) is 9.76. The number of hydrogen-bond donors (Lipinski definition) is 3. The SMILES string of the molecule is CCCS(=O)(=O)NC(C)C(=O)NCCCOCCO. The van der Waals surface area contributed by atoms with Gasteiger partial charge in [-0.3, -0.25) is 4.79 Å². The number of sulfonamides is 1. The first kappa shape index (κ1) is 18.3. The Morgan fingerprint density at radius 2 is 2.05 bits per heavy atom. The fourth-order valence-corrected chi connectivity index (χ4v) is 2.66. The number of carbonyl (C=O) groups excluding carboxylic acids is 1. The van der Waals surface area contributed by atoms with E-state index in [9.17, 15) is 13.2 Å². The van der Waals surface area contributed by atoms with Crippen molar-refractivity contribution < 1.29 is 23.1 Å². The lowest BCUT2D eigenvalue weighted by Gasteiger charge is -2.14. The molecule has 0 heterocycles. The Hall–Kier alpha value is -0.700. The molecule has 114 valence electrons. The Morgan fingerprint density at radius 3 is 2.63 bits per heavy atom. The number of aliphatic hydroxyl groups excluding tert-OH is 1. The lowest BCUT2D eigenvalue weighted by molar-refractivity contribution is -0.122. The second kappa shape index (κ2) is 10.1. The second-order valence-electron chi connectivity index (χ2n) is 4.14. The van der Waals surface area contributed by atoms with Gasteiger partial charge in [-0.25, -0.2) is 13.1 Å². The zero-order valence-corrected chi connectivity index (χ0v) is 12.3. The summed E-state index contributed by atoms with van der Waals surface area (Å²) < 4.78 is 30.3. The van der Waals surface area contributed by atoms with E-state index in [1.807, 2.05) is 0 Å². The van der Waals surface area contributed by atoms with Crippen molar-refractivity contribution in [2.24, 2.45) is 0 Å². The standard InChI is InChI=1S/C11H24N2O5S/c1-3-9-19(16,17)13-10(2)11(15)12-5-4-7-18-8-6-14/h10,13-14H,3-9H2,1-2H3,(H,12,15). The third-order valence-electron chi connectivity index (χ3n) is 2.22. The summed E-state index contributed by atoms with van der Waals surface area (Å²) in [5, 5.41) is 11.1. The van der Waals surface area contributed by atoms with Crippen molar-refractivity contribution in [3.63, 3.8) is 0 Å². The maximum Gasteiger partial charge on any atom is 0.237 e. The fraction of sp³-hybridized carbons (Fsp3) is 0.909. The van der Waals surface area contributed by atoms with Crippen molar-refractivity contribution in [2.75, 3.05) is 32.1 Å². The summed E-state index contributed by atoms with van der Waals surface area (Å²) in [5.41, 5.74) is 0. The molecule has 0 aromatic heterocycles. The van der Waals surface area contributed by atoms with Crippen LogP contribution in [-0.2, 0) is 19.6 Å². The number of hydrogen-bond acceptors (Lipinski definition) is 5. The number of carbonyl (C=O) groups is 1. The summed E-state index contributed by atoms with van der Waals surface area (Å²) in [5.74, 6) is -0.346. The first-order chi connectivity index (χ1) is 8.93. The van der Waals surface area contributed by atoms with E-state index in [-0.39, 0.29) is 24.9 Å². The van der Waals surface area contributed by atoms with E-state index in [2.05, 4.69) is 10.0 Å². The highest BCUT2D eigenvalue weighted by Gasteiger charge is 2.18. The van der Waals surface area contributed by atoms with Gasteiger partial charge in [-0.1, -0.05) is 6.92 Å². The minimum atomic E-state index is -3.38. The fourth-order valence-electron chi connectivity index (χ4n) is 1.36. The van der Waals surface area contributed by atoms with Crippen LogP contribution < -0.4 is 10.0 Å². The Labute approximate surface area is 114 Å². The quantitative estimate of drug-likeness (QED) is 0.434. The topological polar surface area (TPSA) is 105 Å². The summed E-state index contributed by atoms with van der Waals surface area (Å²) in [6, 6.07) is -0.782. The van der Waals surface area contributed by atoms with Gasteiger partial charge in [0.05, 0.1) is 25.0 Å². The predicted octanol–water partition coefficient (Wildman–Crippen LogP) is -0.780. The van der Waals surface area contributed by atoms with Crippen LogP contribution in [0.25, 0.3) is 0 Å². The van der Waals surface area contributed by atoms with Gasteiger partial charge in [-0.15, -0.1) is 0 Å². The van der Waals surface area contributed by atoms with E-state index in [1.54, 1.807) is 6.92 Å². The molecule has 3 N–H and O–H groups in total. The number of aliphatic hydroxyl groups is 1. The summed E-state index contributed by atoms with van der Waals surface area (Å²) in [6.45, 7) is 4.37. The van der Waals surface area contributed by atoms with Gasteiger partial charge in [-0.2, -0.15) is 0 Å². The molecule has 0 saturated carbocycles. The van der Waals surface area contributed by atoms with Crippen LogP contribution in [-0.4, -0.2) is 57.6 Å². The molecule has 0 rings (SSSR count). The minimum Gasteiger partial charge on any atom is -0.394 e. The van der Waals surface area contributed by atoms with Crippen LogP contribution in [0.3, 0.4) is 0 Å². The molecule has 19 heavy (non-hydrogen) atoms. The zero-order valence-electron chi connectivity index (χ0n) is 11.5. The van der Waals surface area contributed by atoms with Gasteiger partial charge in [0, 0.05) is 13.2 Å². The van der Waals surface area contributed by atoms with Crippen LogP contribution in [0.2, 0.25) is 0 Å². The van der Waals surface area contributed by atoms with E-state index in [1.165, 1.54) is 6.92 Å². The molecule has 0 aliphatic rings. The van der Waals surface area contributed by atoms with E-state index in [0.29, 0.717) is 26.0 Å². The first-order valence-electron chi connectivity index (χ1n) is 6.39. The Bertz CT molecular complexity index is 345. The lowest BCUT2D eigenvalue weighted by Crippen LogP contribution is -2.45. The average Bonchev–Trinajstić information content (AvgIpc) is 2.32. The van der Waals surface area contributed by atoms with E-state index < -0.39 is 16.1 Å². The van der Waals surface area contributed by atoms with Gasteiger partial charge < -0.3 is 15.2 Å². The van der Waals surface area contributed by atoms with Crippen LogP contribution >= 0.6 is 0 Å². The van der Waals surface area contributed by atoms with Crippen LogP contribution in [0.4, 0.5) is 0 Å². The maximum absolute atomic E-state index is 11.6. The van der Waals surface area contributed by atoms with Crippen LogP contribution in [0.5, 0.6) is 0 Å². The molecule has 0 aliphatic carbocycles. The van der Waals surface area contributed by atoms with Crippen molar-refractivity contribution in [1.82, 2.24) is 10.0 Å². The summed E-state index contributed by atoms with van der Waals surface area (Å²) in [7, 11) is -3.38. The number of rotatable bonds is 11. The van der Waals surface area contributed by atoms with Crippen molar-refractivity contribution in [3.8, 4) is 0 Å². The van der Waals surface area contributed by atoms with Crippen molar-refractivity contribution >= 4 is 15.9 Å². The van der Waals surface area contributed by atoms with E-state index >= 15 is 0 Å². The molecule has 0 aliphatic heterocycles. The van der Waals surface area contributed by atoms with Crippen LogP contribution in [0.15, 0.2) is 0 Å². The lowest BCUT2D eigenvalue weighted by atomic mass is 10.3. The van der Waals surface area contributed by atoms with Gasteiger partial charge in [0.2, 0.25) is 15.9 Å². The highest BCUT2D eigenvalue weighted by atomic mass is 32.2.